The largest absolute Gasteiger partial charge is 0.378 e. The molecule has 0 spiro atoms. The minimum atomic E-state index is 0.498. The average Bonchev–Trinajstić information content (AvgIpc) is 2.74. The van der Waals surface area contributed by atoms with Crippen molar-refractivity contribution in [3.8, 4) is 0 Å². The topological polar surface area (TPSA) is 18.5 Å². The molecule has 27 heavy (non-hydrogen) atoms. The van der Waals surface area contributed by atoms with Crippen LogP contribution in [0, 0.1) is 5.92 Å². The Morgan fingerprint density at radius 2 is 1.41 bits per heavy atom. The third-order valence-electron chi connectivity index (χ3n) is 6.66. The number of benzene rings is 1. The Balaban J connectivity index is 1.24. The monoisotopic (exact) mass is 372 g/mol. The van der Waals surface area contributed by atoms with Crippen LogP contribution >= 0.6 is 0 Å². The second-order valence-corrected chi connectivity index (χ2v) is 8.79. The van der Waals surface area contributed by atoms with Gasteiger partial charge in [0.2, 0.25) is 0 Å². The van der Waals surface area contributed by atoms with Crippen molar-refractivity contribution in [3.05, 3.63) is 35.9 Å². The molecule has 2 aliphatic rings. The standard InChI is InChI=1S/C25H40O2/c1-2-3-4-8-19-26-24-15-11-21(12-16-24)20-27-25-17-13-23(14-18-25)22-9-6-5-7-10-22/h5-7,9-10,21,23-25H,2-4,8,11-20H2,1H3. The van der Waals surface area contributed by atoms with Crippen molar-refractivity contribution in [1.82, 2.24) is 0 Å². The molecule has 1 aromatic rings. The maximum atomic E-state index is 6.33. The normalized spacial score (nSPS) is 28.9. The molecule has 0 amide bonds. The molecule has 0 N–H and O–H groups in total. The smallest absolute Gasteiger partial charge is 0.0575 e. The lowest BCUT2D eigenvalue weighted by Gasteiger charge is -2.32. The molecule has 0 aliphatic heterocycles. The lowest BCUT2D eigenvalue weighted by atomic mass is 9.82. The summed E-state index contributed by atoms with van der Waals surface area (Å²) in [6.07, 6.45) is 16.3. The quantitative estimate of drug-likeness (QED) is 0.416. The minimum absolute atomic E-state index is 0.498. The first-order valence-corrected chi connectivity index (χ1v) is 11.6. The molecule has 0 unspecified atom stereocenters. The van der Waals surface area contributed by atoms with Crippen molar-refractivity contribution in [2.75, 3.05) is 13.2 Å². The molecule has 3 rings (SSSR count). The Bertz CT molecular complexity index is 484. The van der Waals surface area contributed by atoms with E-state index in [1.54, 1.807) is 0 Å². The third kappa shape index (κ3) is 7.23. The summed E-state index contributed by atoms with van der Waals surface area (Å²) in [5.74, 6) is 1.51. The van der Waals surface area contributed by atoms with Gasteiger partial charge in [0.15, 0.2) is 0 Å². The molecule has 0 radical (unpaired) electrons. The summed E-state index contributed by atoms with van der Waals surface area (Å²) in [6.45, 7) is 4.21. The first-order valence-electron chi connectivity index (χ1n) is 11.6. The van der Waals surface area contributed by atoms with Crippen LogP contribution in [0.4, 0.5) is 0 Å². The zero-order valence-corrected chi connectivity index (χ0v) is 17.4. The molecule has 0 heterocycles. The van der Waals surface area contributed by atoms with Crippen LogP contribution in [0.1, 0.15) is 95.5 Å². The van der Waals surface area contributed by atoms with Crippen LogP contribution < -0.4 is 0 Å². The van der Waals surface area contributed by atoms with Crippen molar-refractivity contribution in [2.45, 2.75) is 102 Å². The zero-order chi connectivity index (χ0) is 18.7. The second kappa shape index (κ2) is 11.9. The summed E-state index contributed by atoms with van der Waals surface area (Å²) >= 11 is 0. The van der Waals surface area contributed by atoms with Gasteiger partial charge in [-0.15, -0.1) is 0 Å². The van der Waals surface area contributed by atoms with E-state index in [1.165, 1.54) is 82.6 Å². The van der Waals surface area contributed by atoms with Gasteiger partial charge in [-0.1, -0.05) is 56.5 Å². The van der Waals surface area contributed by atoms with E-state index in [9.17, 15) is 0 Å². The van der Waals surface area contributed by atoms with Gasteiger partial charge in [0.25, 0.3) is 0 Å². The van der Waals surface area contributed by atoms with E-state index in [0.29, 0.717) is 12.2 Å². The molecular weight excluding hydrogens is 332 g/mol. The number of unbranched alkanes of at least 4 members (excludes halogenated alkanes) is 3. The Morgan fingerprint density at radius 3 is 2.11 bits per heavy atom. The molecule has 2 saturated carbocycles. The number of hydrogen-bond donors (Lipinski definition) is 0. The fraction of sp³-hybridized carbons (Fsp3) is 0.760. The van der Waals surface area contributed by atoms with Crippen molar-refractivity contribution in [1.29, 1.82) is 0 Å². The summed E-state index contributed by atoms with van der Waals surface area (Å²) in [5, 5.41) is 0. The van der Waals surface area contributed by atoms with E-state index in [0.717, 1.165) is 25.0 Å². The summed E-state index contributed by atoms with van der Waals surface area (Å²) in [5.41, 5.74) is 1.52. The Hall–Kier alpha value is -0.860. The van der Waals surface area contributed by atoms with Gasteiger partial charge >= 0.3 is 0 Å². The van der Waals surface area contributed by atoms with Crippen LogP contribution in [0.3, 0.4) is 0 Å². The van der Waals surface area contributed by atoms with Crippen molar-refractivity contribution < 1.29 is 9.47 Å². The molecule has 0 saturated heterocycles. The highest BCUT2D eigenvalue weighted by Crippen LogP contribution is 2.35. The average molecular weight is 373 g/mol. The van der Waals surface area contributed by atoms with Gasteiger partial charge in [-0.25, -0.2) is 0 Å². The number of ether oxygens (including phenoxy) is 2. The van der Waals surface area contributed by atoms with Crippen molar-refractivity contribution in [3.63, 3.8) is 0 Å². The van der Waals surface area contributed by atoms with E-state index in [4.69, 9.17) is 9.47 Å². The van der Waals surface area contributed by atoms with E-state index < -0.39 is 0 Å². The van der Waals surface area contributed by atoms with Gasteiger partial charge in [0.1, 0.15) is 0 Å². The van der Waals surface area contributed by atoms with Crippen LogP contribution in [-0.2, 0) is 9.47 Å². The lowest BCUT2D eigenvalue weighted by molar-refractivity contribution is -0.0257. The van der Waals surface area contributed by atoms with Crippen LogP contribution in [0.15, 0.2) is 30.3 Å². The summed E-state index contributed by atoms with van der Waals surface area (Å²) in [4.78, 5) is 0. The van der Waals surface area contributed by atoms with Gasteiger partial charge < -0.3 is 9.47 Å². The lowest BCUT2D eigenvalue weighted by Crippen LogP contribution is -2.27. The van der Waals surface area contributed by atoms with Crippen molar-refractivity contribution >= 4 is 0 Å². The SMILES string of the molecule is CCCCCCOC1CCC(COC2CCC(c3ccccc3)CC2)CC1. The molecule has 2 nitrogen and oxygen atoms in total. The van der Waals surface area contributed by atoms with Gasteiger partial charge in [-0.2, -0.15) is 0 Å². The molecular formula is C25H40O2. The maximum absolute atomic E-state index is 6.33. The Labute approximate surface area is 167 Å². The number of rotatable bonds is 10. The Morgan fingerprint density at radius 1 is 0.741 bits per heavy atom. The number of hydrogen-bond acceptors (Lipinski definition) is 2. The van der Waals surface area contributed by atoms with Crippen LogP contribution in [-0.4, -0.2) is 25.4 Å². The highest BCUT2D eigenvalue weighted by molar-refractivity contribution is 5.19. The zero-order valence-electron chi connectivity index (χ0n) is 17.4. The van der Waals surface area contributed by atoms with Crippen LogP contribution in [0.2, 0.25) is 0 Å². The fourth-order valence-corrected chi connectivity index (χ4v) is 4.80. The minimum Gasteiger partial charge on any atom is -0.378 e. The molecule has 2 aliphatic carbocycles. The highest BCUT2D eigenvalue weighted by atomic mass is 16.5. The Kier molecular flexibility index (Phi) is 9.17. The molecule has 0 aromatic heterocycles. The van der Waals surface area contributed by atoms with Gasteiger partial charge in [-0.05, 0) is 75.2 Å². The van der Waals surface area contributed by atoms with Gasteiger partial charge in [-0.3, -0.25) is 0 Å². The second-order valence-electron chi connectivity index (χ2n) is 8.79. The molecule has 0 atom stereocenters. The molecule has 2 heteroatoms. The maximum Gasteiger partial charge on any atom is 0.0575 e. The van der Waals surface area contributed by atoms with Crippen molar-refractivity contribution in [2.24, 2.45) is 5.92 Å². The highest BCUT2D eigenvalue weighted by Gasteiger charge is 2.25. The first kappa shape index (κ1) is 20.9. The van der Waals surface area contributed by atoms with Crippen LogP contribution in [0.5, 0.6) is 0 Å². The van der Waals surface area contributed by atoms with E-state index in [1.807, 2.05) is 0 Å². The fourth-order valence-electron chi connectivity index (χ4n) is 4.80. The predicted molar refractivity (Wildman–Crippen MR) is 113 cm³/mol. The summed E-state index contributed by atoms with van der Waals surface area (Å²) in [6, 6.07) is 11.0. The molecule has 0 bridgehead atoms. The van der Waals surface area contributed by atoms with Gasteiger partial charge in [0, 0.05) is 13.2 Å². The summed E-state index contributed by atoms with van der Waals surface area (Å²) < 4.78 is 12.4. The summed E-state index contributed by atoms with van der Waals surface area (Å²) in [7, 11) is 0. The van der Waals surface area contributed by atoms with Crippen LogP contribution in [0.25, 0.3) is 0 Å². The van der Waals surface area contributed by atoms with E-state index >= 15 is 0 Å². The van der Waals surface area contributed by atoms with E-state index in [2.05, 4.69) is 37.3 Å². The molecule has 1 aromatic carbocycles. The molecule has 2 fully saturated rings. The predicted octanol–water partition coefficient (Wildman–Crippen LogP) is 6.89. The van der Waals surface area contributed by atoms with Gasteiger partial charge in [0.05, 0.1) is 12.2 Å². The third-order valence-corrected chi connectivity index (χ3v) is 6.66. The first-order chi connectivity index (χ1) is 13.3. The molecule has 152 valence electrons. The van der Waals surface area contributed by atoms with E-state index in [-0.39, 0.29) is 0 Å².